The van der Waals surface area contributed by atoms with Gasteiger partial charge in [0.15, 0.2) is 4.34 Å². The van der Waals surface area contributed by atoms with E-state index in [-0.39, 0.29) is 0 Å². The molecule has 0 atom stereocenters. The number of thiazole rings is 1. The third-order valence-electron chi connectivity index (χ3n) is 2.86. The Morgan fingerprint density at radius 3 is 2.71 bits per heavy atom. The highest BCUT2D eigenvalue weighted by atomic mass is 32.2. The van der Waals surface area contributed by atoms with Crippen molar-refractivity contribution in [3.05, 3.63) is 66.4 Å². The van der Waals surface area contributed by atoms with Crippen LogP contribution < -0.4 is 0 Å². The number of benzene rings is 2. The van der Waals surface area contributed by atoms with Crippen LogP contribution in [0.4, 0.5) is 0 Å². The Bertz CT molecular complexity index is 689. The van der Waals surface area contributed by atoms with Gasteiger partial charge in [0.1, 0.15) is 0 Å². The molecule has 0 spiro atoms. The first-order chi connectivity index (χ1) is 10.4. The summed E-state index contributed by atoms with van der Waals surface area (Å²) in [6.07, 6.45) is 3.73. The first-order valence-electron chi connectivity index (χ1n) is 6.73. The van der Waals surface area contributed by atoms with Crippen LogP contribution in [-0.4, -0.2) is 17.3 Å². The Morgan fingerprint density at radius 1 is 1.05 bits per heavy atom. The summed E-state index contributed by atoms with van der Waals surface area (Å²) in [7, 11) is 0. The molecule has 21 heavy (non-hydrogen) atoms. The number of para-hydroxylation sites is 1. The fourth-order valence-corrected chi connectivity index (χ4v) is 3.82. The van der Waals surface area contributed by atoms with Crippen molar-refractivity contribution >= 4 is 39.4 Å². The largest absolute Gasteiger partial charge is 0.500 e. The molecule has 2 nitrogen and oxygen atoms in total. The second-order valence-corrected chi connectivity index (χ2v) is 6.75. The molecule has 0 fully saturated rings. The van der Waals surface area contributed by atoms with Gasteiger partial charge in [-0.15, -0.1) is 11.3 Å². The van der Waals surface area contributed by atoms with Crippen molar-refractivity contribution < 1.29 is 4.74 Å². The highest BCUT2D eigenvalue weighted by molar-refractivity contribution is 8.01. The lowest BCUT2D eigenvalue weighted by Crippen LogP contribution is -1.90. The molecule has 3 rings (SSSR count). The number of aromatic nitrogens is 1. The number of ether oxygens (including phenoxy) is 1. The molecule has 0 aliphatic heterocycles. The van der Waals surface area contributed by atoms with E-state index in [2.05, 4.69) is 29.2 Å². The van der Waals surface area contributed by atoms with Crippen LogP contribution in [0.5, 0.6) is 0 Å². The number of fused-ring (bicyclic) bond motifs is 1. The summed E-state index contributed by atoms with van der Waals surface area (Å²) in [4.78, 5) is 4.59. The summed E-state index contributed by atoms with van der Waals surface area (Å²) >= 11 is 3.48. The molecule has 4 heteroatoms. The van der Waals surface area contributed by atoms with Crippen LogP contribution in [0.3, 0.4) is 0 Å². The zero-order valence-corrected chi connectivity index (χ0v) is 13.1. The maximum absolute atomic E-state index is 5.51. The molecule has 1 heterocycles. The van der Waals surface area contributed by atoms with Gasteiger partial charge in [0.25, 0.3) is 0 Å². The number of hydrogen-bond donors (Lipinski definition) is 0. The van der Waals surface area contributed by atoms with E-state index < -0.39 is 0 Å². The number of thioether (sulfide) groups is 1. The van der Waals surface area contributed by atoms with Gasteiger partial charge in [0, 0.05) is 5.75 Å². The van der Waals surface area contributed by atoms with Gasteiger partial charge in [-0.3, -0.25) is 0 Å². The highest BCUT2D eigenvalue weighted by Gasteiger charge is 2.02. The molecule has 0 aliphatic rings. The molecule has 0 bridgehead atoms. The van der Waals surface area contributed by atoms with Gasteiger partial charge < -0.3 is 4.74 Å². The second kappa shape index (κ2) is 7.29. The lowest BCUT2D eigenvalue weighted by Gasteiger charge is -1.98. The Labute approximate surface area is 132 Å². The normalized spacial score (nSPS) is 11.2. The number of hydrogen-bond acceptors (Lipinski definition) is 4. The fraction of sp³-hybridized carbons (Fsp3) is 0.118. The van der Waals surface area contributed by atoms with Gasteiger partial charge in [-0.25, -0.2) is 4.98 Å². The van der Waals surface area contributed by atoms with Crippen molar-refractivity contribution in [3.8, 4) is 0 Å². The van der Waals surface area contributed by atoms with Gasteiger partial charge in [-0.1, -0.05) is 54.2 Å². The van der Waals surface area contributed by atoms with Crippen molar-refractivity contribution in [2.45, 2.75) is 4.34 Å². The average Bonchev–Trinajstić information content (AvgIpc) is 2.94. The Kier molecular flexibility index (Phi) is 4.92. The van der Waals surface area contributed by atoms with Gasteiger partial charge in [-0.05, 0) is 23.8 Å². The molecule has 0 saturated heterocycles. The molecule has 0 amide bonds. The van der Waals surface area contributed by atoms with Gasteiger partial charge >= 0.3 is 0 Å². The Hall–Kier alpha value is -1.78. The summed E-state index contributed by atoms with van der Waals surface area (Å²) in [5.74, 6) is 0.902. The van der Waals surface area contributed by atoms with E-state index in [9.17, 15) is 0 Å². The SMILES string of the molecule is C(=Cc1ccccc1)OCCSc1nc2ccccc2s1. The lowest BCUT2D eigenvalue weighted by molar-refractivity contribution is 0.275. The first kappa shape index (κ1) is 14.2. The predicted molar refractivity (Wildman–Crippen MR) is 91.8 cm³/mol. The molecular formula is C17H15NOS2. The minimum Gasteiger partial charge on any atom is -0.500 e. The molecule has 0 unspecified atom stereocenters. The Balaban J connectivity index is 1.43. The number of rotatable bonds is 6. The smallest absolute Gasteiger partial charge is 0.151 e. The van der Waals surface area contributed by atoms with Gasteiger partial charge in [0.2, 0.25) is 0 Å². The van der Waals surface area contributed by atoms with E-state index in [1.165, 1.54) is 4.70 Å². The minimum absolute atomic E-state index is 0.684. The zero-order valence-electron chi connectivity index (χ0n) is 11.4. The summed E-state index contributed by atoms with van der Waals surface area (Å²) in [6, 6.07) is 18.4. The highest BCUT2D eigenvalue weighted by Crippen LogP contribution is 2.28. The van der Waals surface area contributed by atoms with Crippen LogP contribution in [0, 0.1) is 0 Å². The van der Waals surface area contributed by atoms with E-state index in [1.807, 2.05) is 36.4 Å². The van der Waals surface area contributed by atoms with Crippen LogP contribution in [0.15, 0.2) is 65.2 Å². The zero-order chi connectivity index (χ0) is 14.3. The van der Waals surface area contributed by atoms with Crippen molar-refractivity contribution in [1.82, 2.24) is 4.98 Å². The quantitative estimate of drug-likeness (QED) is 0.360. The molecule has 0 radical (unpaired) electrons. The monoisotopic (exact) mass is 313 g/mol. The maximum Gasteiger partial charge on any atom is 0.151 e. The molecular weight excluding hydrogens is 298 g/mol. The van der Waals surface area contributed by atoms with E-state index in [4.69, 9.17) is 4.74 Å². The fourth-order valence-electron chi connectivity index (χ4n) is 1.85. The molecule has 0 aliphatic carbocycles. The number of nitrogens with zero attached hydrogens (tertiary/aromatic N) is 1. The maximum atomic E-state index is 5.51. The summed E-state index contributed by atoms with van der Waals surface area (Å²) in [5, 5.41) is 0. The van der Waals surface area contributed by atoms with Crippen LogP contribution in [0.2, 0.25) is 0 Å². The van der Waals surface area contributed by atoms with Crippen LogP contribution >= 0.6 is 23.1 Å². The van der Waals surface area contributed by atoms with Gasteiger partial charge in [-0.2, -0.15) is 0 Å². The van der Waals surface area contributed by atoms with E-state index in [1.54, 1.807) is 29.4 Å². The predicted octanol–water partition coefficient (Wildman–Crippen LogP) is 5.08. The molecule has 3 aromatic rings. The van der Waals surface area contributed by atoms with E-state index >= 15 is 0 Å². The first-order valence-corrected chi connectivity index (χ1v) is 8.53. The topological polar surface area (TPSA) is 22.1 Å². The Morgan fingerprint density at radius 2 is 1.86 bits per heavy atom. The average molecular weight is 313 g/mol. The summed E-state index contributed by atoms with van der Waals surface area (Å²) < 4.78 is 7.85. The van der Waals surface area contributed by atoms with Crippen molar-refractivity contribution in [3.63, 3.8) is 0 Å². The minimum atomic E-state index is 0.684. The lowest BCUT2D eigenvalue weighted by atomic mass is 10.2. The standard InChI is InChI=1S/C17H15NOS2/c1-2-6-14(7-3-1)10-11-19-12-13-20-17-18-15-8-4-5-9-16(15)21-17/h1-11H,12-13H2. The van der Waals surface area contributed by atoms with E-state index in [0.717, 1.165) is 21.2 Å². The molecule has 2 aromatic carbocycles. The summed E-state index contributed by atoms with van der Waals surface area (Å²) in [5.41, 5.74) is 2.23. The van der Waals surface area contributed by atoms with Crippen molar-refractivity contribution in [2.75, 3.05) is 12.4 Å². The second-order valence-electron chi connectivity index (χ2n) is 4.38. The van der Waals surface area contributed by atoms with Crippen molar-refractivity contribution in [1.29, 1.82) is 0 Å². The third-order valence-corrected chi connectivity index (χ3v) is 5.00. The van der Waals surface area contributed by atoms with Gasteiger partial charge in [0.05, 0.1) is 23.1 Å². The third kappa shape index (κ3) is 4.09. The van der Waals surface area contributed by atoms with Crippen LogP contribution in [-0.2, 0) is 4.74 Å². The summed E-state index contributed by atoms with van der Waals surface area (Å²) in [6.45, 7) is 0.684. The van der Waals surface area contributed by atoms with Crippen LogP contribution in [0.25, 0.3) is 16.3 Å². The van der Waals surface area contributed by atoms with Crippen LogP contribution in [0.1, 0.15) is 5.56 Å². The molecule has 1 aromatic heterocycles. The van der Waals surface area contributed by atoms with Crippen molar-refractivity contribution in [2.24, 2.45) is 0 Å². The van der Waals surface area contributed by atoms with E-state index in [0.29, 0.717) is 6.61 Å². The molecule has 0 N–H and O–H groups in total. The molecule has 0 saturated carbocycles. The molecule has 106 valence electrons.